The van der Waals surface area contributed by atoms with Crippen LogP contribution in [0.1, 0.15) is 10.4 Å². The van der Waals surface area contributed by atoms with Crippen LogP contribution < -0.4 is 14.8 Å². The van der Waals surface area contributed by atoms with Crippen LogP contribution in [0.4, 0.5) is 5.69 Å². The smallest absolute Gasteiger partial charge is 0.255 e. The first-order chi connectivity index (χ1) is 11.7. The van der Waals surface area contributed by atoms with Crippen molar-refractivity contribution in [2.45, 2.75) is 0 Å². The number of anilines is 1. The monoisotopic (exact) mass is 325 g/mol. The molecular formula is C16H15N5O3. The van der Waals surface area contributed by atoms with E-state index in [2.05, 4.69) is 20.8 Å². The van der Waals surface area contributed by atoms with Crippen molar-refractivity contribution in [1.82, 2.24) is 20.2 Å². The highest BCUT2D eigenvalue weighted by molar-refractivity contribution is 6.04. The van der Waals surface area contributed by atoms with Crippen molar-refractivity contribution in [2.24, 2.45) is 0 Å². The first kappa shape index (κ1) is 15.5. The maximum Gasteiger partial charge on any atom is 0.255 e. The minimum absolute atomic E-state index is 0.259. The Morgan fingerprint density at radius 3 is 2.62 bits per heavy atom. The van der Waals surface area contributed by atoms with E-state index < -0.39 is 0 Å². The van der Waals surface area contributed by atoms with E-state index in [9.17, 15) is 4.79 Å². The Hall–Kier alpha value is -3.42. The van der Waals surface area contributed by atoms with Gasteiger partial charge in [0.1, 0.15) is 6.33 Å². The minimum atomic E-state index is -0.259. The highest BCUT2D eigenvalue weighted by atomic mass is 16.5. The molecule has 1 amide bonds. The Kier molecular flexibility index (Phi) is 4.37. The zero-order valence-electron chi connectivity index (χ0n) is 13.1. The molecule has 0 aliphatic heterocycles. The first-order valence-electron chi connectivity index (χ1n) is 7.08. The highest BCUT2D eigenvalue weighted by Crippen LogP contribution is 2.28. The van der Waals surface area contributed by atoms with Crippen LogP contribution in [0.5, 0.6) is 11.5 Å². The second-order valence-electron chi connectivity index (χ2n) is 4.83. The SMILES string of the molecule is COc1ccc(C(=O)Nc2cccc(-n3cnnn3)c2)cc1OC. The van der Waals surface area contributed by atoms with Gasteiger partial charge in [0, 0.05) is 11.3 Å². The van der Waals surface area contributed by atoms with E-state index in [0.717, 1.165) is 5.69 Å². The quantitative estimate of drug-likeness (QED) is 0.771. The van der Waals surface area contributed by atoms with Crippen molar-refractivity contribution in [3.63, 3.8) is 0 Å². The molecule has 8 nitrogen and oxygen atoms in total. The summed E-state index contributed by atoms with van der Waals surface area (Å²) in [5.74, 6) is 0.798. The van der Waals surface area contributed by atoms with E-state index in [-0.39, 0.29) is 5.91 Å². The first-order valence-corrected chi connectivity index (χ1v) is 7.08. The van der Waals surface area contributed by atoms with Gasteiger partial charge in [0.15, 0.2) is 11.5 Å². The van der Waals surface area contributed by atoms with Crippen LogP contribution in [0.3, 0.4) is 0 Å². The molecule has 0 aliphatic rings. The molecule has 1 heterocycles. The number of tetrazole rings is 1. The lowest BCUT2D eigenvalue weighted by Crippen LogP contribution is -2.12. The normalized spacial score (nSPS) is 10.2. The summed E-state index contributed by atoms with van der Waals surface area (Å²) in [6, 6.07) is 12.2. The number of carbonyl (C=O) groups excluding carboxylic acids is 1. The van der Waals surface area contributed by atoms with E-state index in [0.29, 0.717) is 22.7 Å². The molecule has 3 aromatic rings. The molecule has 0 spiro atoms. The highest BCUT2D eigenvalue weighted by Gasteiger charge is 2.11. The predicted molar refractivity (Wildman–Crippen MR) is 86.7 cm³/mol. The molecule has 0 atom stereocenters. The van der Waals surface area contributed by atoms with Crippen molar-refractivity contribution in [2.75, 3.05) is 19.5 Å². The van der Waals surface area contributed by atoms with Crippen molar-refractivity contribution in [1.29, 1.82) is 0 Å². The van der Waals surface area contributed by atoms with Crippen molar-refractivity contribution in [3.8, 4) is 17.2 Å². The summed E-state index contributed by atoms with van der Waals surface area (Å²) >= 11 is 0. The number of benzene rings is 2. The van der Waals surface area contributed by atoms with E-state index in [1.54, 1.807) is 43.5 Å². The van der Waals surface area contributed by atoms with Crippen LogP contribution in [0, 0.1) is 0 Å². The number of nitrogens with zero attached hydrogens (tertiary/aromatic N) is 4. The number of carbonyl (C=O) groups is 1. The molecule has 0 fully saturated rings. The molecule has 24 heavy (non-hydrogen) atoms. The largest absolute Gasteiger partial charge is 0.493 e. The summed E-state index contributed by atoms with van der Waals surface area (Å²) in [6.45, 7) is 0. The molecule has 0 radical (unpaired) electrons. The average Bonchev–Trinajstić information content (AvgIpc) is 3.16. The summed E-state index contributed by atoms with van der Waals surface area (Å²) in [4.78, 5) is 12.4. The Morgan fingerprint density at radius 2 is 1.92 bits per heavy atom. The lowest BCUT2D eigenvalue weighted by Gasteiger charge is -2.10. The summed E-state index contributed by atoms with van der Waals surface area (Å²) in [6.07, 6.45) is 1.48. The van der Waals surface area contributed by atoms with Crippen LogP contribution in [-0.4, -0.2) is 40.3 Å². The Balaban J connectivity index is 1.81. The molecule has 0 saturated heterocycles. The van der Waals surface area contributed by atoms with Crippen molar-refractivity contribution >= 4 is 11.6 Å². The van der Waals surface area contributed by atoms with Gasteiger partial charge in [-0.3, -0.25) is 4.79 Å². The molecule has 0 bridgehead atoms. The third kappa shape index (κ3) is 3.17. The molecule has 0 unspecified atom stereocenters. The molecule has 1 N–H and O–H groups in total. The minimum Gasteiger partial charge on any atom is -0.493 e. The zero-order valence-corrected chi connectivity index (χ0v) is 13.1. The van der Waals surface area contributed by atoms with E-state index in [1.165, 1.54) is 18.1 Å². The number of amides is 1. The summed E-state index contributed by atoms with van der Waals surface area (Å²) in [5, 5.41) is 13.8. The van der Waals surface area contributed by atoms with E-state index >= 15 is 0 Å². The van der Waals surface area contributed by atoms with Crippen LogP contribution >= 0.6 is 0 Å². The molecule has 8 heteroatoms. The van der Waals surface area contributed by atoms with E-state index in [4.69, 9.17) is 9.47 Å². The van der Waals surface area contributed by atoms with Gasteiger partial charge < -0.3 is 14.8 Å². The molecule has 0 aliphatic carbocycles. The molecule has 3 rings (SSSR count). The van der Waals surface area contributed by atoms with E-state index in [1.807, 2.05) is 6.07 Å². The second kappa shape index (κ2) is 6.78. The maximum atomic E-state index is 12.4. The number of nitrogens with one attached hydrogen (secondary N) is 1. The van der Waals surface area contributed by atoms with Crippen LogP contribution in [0.2, 0.25) is 0 Å². The zero-order chi connectivity index (χ0) is 16.9. The standard InChI is InChI=1S/C16H15N5O3/c1-23-14-7-6-11(8-15(14)24-2)16(22)18-12-4-3-5-13(9-12)21-10-17-19-20-21/h3-10H,1-2H3,(H,18,22). The van der Waals surface area contributed by atoms with Crippen molar-refractivity contribution < 1.29 is 14.3 Å². The van der Waals surface area contributed by atoms with Gasteiger partial charge in [-0.25, -0.2) is 4.68 Å². The van der Waals surface area contributed by atoms with Crippen LogP contribution in [0.25, 0.3) is 5.69 Å². The lowest BCUT2D eigenvalue weighted by molar-refractivity contribution is 0.102. The molecule has 122 valence electrons. The van der Waals surface area contributed by atoms with Gasteiger partial charge in [0.05, 0.1) is 19.9 Å². The predicted octanol–water partition coefficient (Wildman–Crippen LogP) is 1.93. The molecule has 1 aromatic heterocycles. The Bertz CT molecular complexity index is 849. The fraction of sp³-hybridized carbons (Fsp3) is 0.125. The van der Waals surface area contributed by atoms with Gasteiger partial charge >= 0.3 is 0 Å². The van der Waals surface area contributed by atoms with Gasteiger partial charge in [0.2, 0.25) is 0 Å². The van der Waals surface area contributed by atoms with Crippen LogP contribution in [0.15, 0.2) is 48.8 Å². The Labute approximate surface area is 138 Å². The number of ether oxygens (including phenoxy) is 2. The third-order valence-corrected chi connectivity index (χ3v) is 3.36. The fourth-order valence-electron chi connectivity index (χ4n) is 2.19. The number of hydrogen-bond acceptors (Lipinski definition) is 6. The van der Waals surface area contributed by atoms with Gasteiger partial charge in [-0.2, -0.15) is 0 Å². The number of methoxy groups -OCH3 is 2. The summed E-state index contributed by atoms with van der Waals surface area (Å²) < 4.78 is 11.9. The fourth-order valence-corrected chi connectivity index (χ4v) is 2.19. The molecular weight excluding hydrogens is 310 g/mol. The number of hydrogen-bond donors (Lipinski definition) is 1. The Morgan fingerprint density at radius 1 is 1.08 bits per heavy atom. The summed E-state index contributed by atoms with van der Waals surface area (Å²) in [5.41, 5.74) is 1.83. The van der Waals surface area contributed by atoms with Gasteiger partial charge in [-0.15, -0.1) is 5.10 Å². The number of aromatic nitrogens is 4. The van der Waals surface area contributed by atoms with Crippen molar-refractivity contribution in [3.05, 3.63) is 54.4 Å². The lowest BCUT2D eigenvalue weighted by atomic mass is 10.1. The van der Waals surface area contributed by atoms with Crippen LogP contribution in [-0.2, 0) is 0 Å². The maximum absolute atomic E-state index is 12.4. The third-order valence-electron chi connectivity index (χ3n) is 3.36. The van der Waals surface area contributed by atoms with Gasteiger partial charge in [-0.1, -0.05) is 6.07 Å². The van der Waals surface area contributed by atoms with Gasteiger partial charge in [0.25, 0.3) is 5.91 Å². The summed E-state index contributed by atoms with van der Waals surface area (Å²) in [7, 11) is 3.07. The average molecular weight is 325 g/mol. The number of rotatable bonds is 5. The second-order valence-corrected chi connectivity index (χ2v) is 4.83. The van der Waals surface area contributed by atoms with Gasteiger partial charge in [-0.05, 0) is 46.8 Å². The topological polar surface area (TPSA) is 91.2 Å². The molecule has 2 aromatic carbocycles. The molecule has 0 saturated carbocycles.